The van der Waals surface area contributed by atoms with Crippen LogP contribution < -0.4 is 0 Å². The molecule has 0 spiro atoms. The van der Waals surface area contributed by atoms with Crippen LogP contribution in [0.4, 0.5) is 0 Å². The molecule has 0 unspecified atom stereocenters. The molecular weight excluding hydrogens is 240 g/mol. The van der Waals surface area contributed by atoms with Gasteiger partial charge in [-0.3, -0.25) is 0 Å². The van der Waals surface area contributed by atoms with E-state index in [4.69, 9.17) is 8.85 Å². The van der Waals surface area contributed by atoms with Crippen molar-refractivity contribution in [2.45, 2.75) is 83.6 Å². The Morgan fingerprint density at radius 3 is 1.39 bits per heavy atom. The van der Waals surface area contributed by atoms with E-state index in [0.29, 0.717) is 0 Å². The molecule has 110 valence electrons. The summed E-state index contributed by atoms with van der Waals surface area (Å²) in [6, 6.07) is 1.17. The Bertz CT molecular complexity index is 149. The highest BCUT2D eigenvalue weighted by molar-refractivity contribution is 6.44. The first kappa shape index (κ1) is 18.1. The second-order valence-electron chi connectivity index (χ2n) is 5.23. The minimum absolute atomic E-state index is 1.17. The molecule has 18 heavy (non-hydrogen) atoms. The van der Waals surface area contributed by atoms with Crippen LogP contribution in [-0.2, 0) is 8.85 Å². The molecule has 0 bridgehead atoms. The van der Waals surface area contributed by atoms with Gasteiger partial charge in [-0.05, 0) is 6.04 Å². The van der Waals surface area contributed by atoms with Crippen molar-refractivity contribution >= 4 is 9.28 Å². The van der Waals surface area contributed by atoms with Crippen molar-refractivity contribution in [3.8, 4) is 0 Å². The van der Waals surface area contributed by atoms with Crippen LogP contribution in [0.1, 0.15) is 77.6 Å². The van der Waals surface area contributed by atoms with E-state index in [0.717, 1.165) is 0 Å². The quantitative estimate of drug-likeness (QED) is 0.334. The standard InChI is InChI=1S/C15H34O2Si/c1-4-5-6-7-8-9-10-11-12-13-14-15-18(16-2)17-3/h18H,4-15H2,1-3H3. The van der Waals surface area contributed by atoms with Gasteiger partial charge in [-0.25, -0.2) is 0 Å². The zero-order valence-electron chi connectivity index (χ0n) is 12.9. The number of hydrogen-bond donors (Lipinski definition) is 0. The lowest BCUT2D eigenvalue weighted by molar-refractivity contribution is 0.276. The summed E-state index contributed by atoms with van der Waals surface area (Å²) >= 11 is 0. The van der Waals surface area contributed by atoms with Crippen LogP contribution in [0.3, 0.4) is 0 Å². The topological polar surface area (TPSA) is 18.5 Å². The fraction of sp³-hybridized carbons (Fsp3) is 1.00. The van der Waals surface area contributed by atoms with Gasteiger partial charge in [0, 0.05) is 14.2 Å². The van der Waals surface area contributed by atoms with Gasteiger partial charge in [0.15, 0.2) is 0 Å². The normalized spacial score (nSPS) is 11.3. The molecule has 0 amide bonds. The van der Waals surface area contributed by atoms with Crippen molar-refractivity contribution in [2.75, 3.05) is 14.2 Å². The molecule has 2 nitrogen and oxygen atoms in total. The van der Waals surface area contributed by atoms with Gasteiger partial charge in [0.1, 0.15) is 0 Å². The van der Waals surface area contributed by atoms with Crippen LogP contribution in [0, 0.1) is 0 Å². The predicted octanol–water partition coefficient (Wildman–Crippen LogP) is 4.81. The van der Waals surface area contributed by atoms with Crippen LogP contribution in [0.25, 0.3) is 0 Å². The van der Waals surface area contributed by atoms with Gasteiger partial charge < -0.3 is 8.85 Å². The first-order valence-electron chi connectivity index (χ1n) is 7.90. The van der Waals surface area contributed by atoms with Gasteiger partial charge in [0.25, 0.3) is 0 Å². The lowest BCUT2D eigenvalue weighted by Gasteiger charge is -2.10. The van der Waals surface area contributed by atoms with Crippen LogP contribution in [0.2, 0.25) is 6.04 Å². The van der Waals surface area contributed by atoms with Gasteiger partial charge >= 0.3 is 9.28 Å². The Morgan fingerprint density at radius 1 is 0.611 bits per heavy atom. The highest BCUT2D eigenvalue weighted by atomic mass is 28.3. The van der Waals surface area contributed by atoms with E-state index in [-0.39, 0.29) is 0 Å². The van der Waals surface area contributed by atoms with Crippen LogP contribution in [-0.4, -0.2) is 23.5 Å². The average molecular weight is 275 g/mol. The summed E-state index contributed by atoms with van der Waals surface area (Å²) in [5.74, 6) is 0. The Morgan fingerprint density at radius 2 is 1.00 bits per heavy atom. The summed E-state index contributed by atoms with van der Waals surface area (Å²) in [6.07, 6.45) is 15.4. The number of hydrogen-bond acceptors (Lipinski definition) is 2. The summed E-state index contributed by atoms with van der Waals surface area (Å²) in [7, 11) is 2.28. The van der Waals surface area contributed by atoms with Crippen molar-refractivity contribution in [1.82, 2.24) is 0 Å². The van der Waals surface area contributed by atoms with E-state index in [1.807, 2.05) is 0 Å². The molecule has 0 saturated heterocycles. The molecule has 0 aliphatic rings. The van der Waals surface area contributed by atoms with Crippen molar-refractivity contribution in [3.05, 3.63) is 0 Å². The molecule has 0 radical (unpaired) electrons. The summed E-state index contributed by atoms with van der Waals surface area (Å²) in [4.78, 5) is 0. The first-order chi connectivity index (χ1) is 8.85. The highest BCUT2D eigenvalue weighted by Crippen LogP contribution is 2.12. The second kappa shape index (κ2) is 15.2. The number of rotatable bonds is 14. The van der Waals surface area contributed by atoms with E-state index in [1.54, 1.807) is 14.2 Å². The highest BCUT2D eigenvalue weighted by Gasteiger charge is 2.07. The fourth-order valence-corrected chi connectivity index (χ4v) is 3.59. The minimum atomic E-state index is -1.27. The Balaban J connectivity index is 3.03. The van der Waals surface area contributed by atoms with Crippen molar-refractivity contribution in [2.24, 2.45) is 0 Å². The van der Waals surface area contributed by atoms with Crippen molar-refractivity contribution in [3.63, 3.8) is 0 Å². The molecule has 0 saturated carbocycles. The van der Waals surface area contributed by atoms with E-state index >= 15 is 0 Å². The maximum atomic E-state index is 5.31. The lowest BCUT2D eigenvalue weighted by Crippen LogP contribution is -2.18. The maximum Gasteiger partial charge on any atom is 0.320 e. The Kier molecular flexibility index (Phi) is 15.3. The van der Waals surface area contributed by atoms with Crippen LogP contribution >= 0.6 is 0 Å². The molecule has 0 atom stereocenters. The molecule has 0 rings (SSSR count). The van der Waals surface area contributed by atoms with E-state index in [1.165, 1.54) is 76.7 Å². The molecule has 3 heteroatoms. The van der Waals surface area contributed by atoms with Crippen LogP contribution in [0.5, 0.6) is 0 Å². The Labute approximate surface area is 116 Å². The van der Waals surface area contributed by atoms with Gasteiger partial charge in [-0.15, -0.1) is 0 Å². The minimum Gasteiger partial charge on any atom is -0.400 e. The fourth-order valence-electron chi connectivity index (χ4n) is 2.31. The van der Waals surface area contributed by atoms with E-state index < -0.39 is 9.28 Å². The monoisotopic (exact) mass is 274 g/mol. The third kappa shape index (κ3) is 12.6. The molecule has 0 aromatic rings. The summed E-state index contributed by atoms with van der Waals surface area (Å²) in [6.45, 7) is 2.28. The summed E-state index contributed by atoms with van der Waals surface area (Å²) < 4.78 is 10.6. The van der Waals surface area contributed by atoms with Gasteiger partial charge in [0.2, 0.25) is 0 Å². The first-order valence-corrected chi connectivity index (χ1v) is 9.66. The van der Waals surface area contributed by atoms with Gasteiger partial charge in [-0.1, -0.05) is 77.6 Å². The molecule has 0 heterocycles. The summed E-state index contributed by atoms with van der Waals surface area (Å²) in [5.41, 5.74) is 0. The third-order valence-corrected chi connectivity index (χ3v) is 5.50. The van der Waals surface area contributed by atoms with Gasteiger partial charge in [0.05, 0.1) is 0 Å². The SMILES string of the molecule is CCCCCCCCCCCCC[SiH](OC)OC. The predicted molar refractivity (Wildman–Crippen MR) is 82.4 cm³/mol. The van der Waals surface area contributed by atoms with E-state index in [9.17, 15) is 0 Å². The average Bonchev–Trinajstić information content (AvgIpc) is 2.40. The largest absolute Gasteiger partial charge is 0.400 e. The smallest absolute Gasteiger partial charge is 0.320 e. The number of unbranched alkanes of at least 4 members (excludes halogenated alkanes) is 10. The molecule has 0 aliphatic heterocycles. The molecule has 0 aromatic carbocycles. The molecular formula is C15H34O2Si. The summed E-state index contributed by atoms with van der Waals surface area (Å²) in [5, 5.41) is 0. The molecule has 0 aromatic heterocycles. The van der Waals surface area contributed by atoms with Crippen LogP contribution in [0.15, 0.2) is 0 Å². The molecule has 0 fully saturated rings. The lowest BCUT2D eigenvalue weighted by atomic mass is 10.1. The zero-order valence-corrected chi connectivity index (χ0v) is 14.0. The molecule has 0 N–H and O–H groups in total. The van der Waals surface area contributed by atoms with Crippen molar-refractivity contribution in [1.29, 1.82) is 0 Å². The maximum absolute atomic E-state index is 5.31. The van der Waals surface area contributed by atoms with Gasteiger partial charge in [-0.2, -0.15) is 0 Å². The van der Waals surface area contributed by atoms with E-state index in [2.05, 4.69) is 6.92 Å². The third-order valence-electron chi connectivity index (χ3n) is 3.57. The molecule has 0 aliphatic carbocycles. The second-order valence-corrected chi connectivity index (χ2v) is 7.60. The zero-order chi connectivity index (χ0) is 13.5. The van der Waals surface area contributed by atoms with Crippen molar-refractivity contribution < 1.29 is 8.85 Å². The Hall–Kier alpha value is 0.137.